The molecule has 6 nitrogen and oxygen atoms in total. The highest BCUT2D eigenvalue weighted by Crippen LogP contribution is 2.17. The van der Waals surface area contributed by atoms with Crippen LogP contribution in [0.4, 0.5) is 5.69 Å². The summed E-state index contributed by atoms with van der Waals surface area (Å²) in [6.45, 7) is 0.368. The third-order valence-corrected chi connectivity index (χ3v) is 4.43. The Balaban J connectivity index is 1.37. The van der Waals surface area contributed by atoms with Crippen LogP contribution in [0.5, 0.6) is 5.75 Å². The molecule has 0 bridgehead atoms. The van der Waals surface area contributed by atoms with Gasteiger partial charge in [0.05, 0.1) is 17.2 Å². The number of hydrogen-bond acceptors (Lipinski definition) is 4. The minimum Gasteiger partial charge on any atom is -0.489 e. The van der Waals surface area contributed by atoms with E-state index in [0.29, 0.717) is 28.9 Å². The van der Waals surface area contributed by atoms with E-state index in [0.717, 1.165) is 5.56 Å². The van der Waals surface area contributed by atoms with E-state index in [-0.39, 0.29) is 18.0 Å². The van der Waals surface area contributed by atoms with Crippen molar-refractivity contribution in [1.29, 1.82) is 0 Å². The van der Waals surface area contributed by atoms with E-state index in [2.05, 4.69) is 10.3 Å². The first-order valence-corrected chi connectivity index (χ1v) is 9.20. The second kappa shape index (κ2) is 8.39. The van der Waals surface area contributed by atoms with Gasteiger partial charge in [-0.05, 0) is 42.0 Å². The van der Waals surface area contributed by atoms with Crippen molar-refractivity contribution in [3.05, 3.63) is 101 Å². The van der Waals surface area contributed by atoms with Crippen molar-refractivity contribution in [2.75, 3.05) is 5.32 Å². The van der Waals surface area contributed by atoms with Crippen molar-refractivity contribution in [3.8, 4) is 5.75 Å². The summed E-state index contributed by atoms with van der Waals surface area (Å²) in [6.07, 6.45) is 1.39. The van der Waals surface area contributed by atoms with E-state index in [4.69, 9.17) is 4.74 Å². The van der Waals surface area contributed by atoms with E-state index in [1.165, 1.54) is 10.9 Å². The number of benzene rings is 3. The van der Waals surface area contributed by atoms with Gasteiger partial charge in [-0.1, -0.05) is 42.5 Å². The average molecular weight is 385 g/mol. The SMILES string of the molecule is O=C(Cn1cnc2ccccc2c1=O)Nc1ccc(OCc2ccccc2)cc1. The fraction of sp³-hybridized carbons (Fsp3) is 0.0870. The maximum atomic E-state index is 12.5. The van der Waals surface area contributed by atoms with Crippen LogP contribution in [-0.2, 0) is 17.9 Å². The zero-order chi connectivity index (χ0) is 20.1. The summed E-state index contributed by atoms with van der Waals surface area (Å²) in [4.78, 5) is 29.0. The van der Waals surface area contributed by atoms with Crippen LogP contribution in [0.25, 0.3) is 10.9 Å². The lowest BCUT2D eigenvalue weighted by atomic mass is 10.2. The van der Waals surface area contributed by atoms with Crippen LogP contribution < -0.4 is 15.6 Å². The molecule has 0 unspecified atom stereocenters. The van der Waals surface area contributed by atoms with Gasteiger partial charge >= 0.3 is 0 Å². The number of para-hydroxylation sites is 1. The van der Waals surface area contributed by atoms with E-state index < -0.39 is 0 Å². The topological polar surface area (TPSA) is 73.2 Å². The Morgan fingerprint density at radius 1 is 0.931 bits per heavy atom. The minimum atomic E-state index is -0.304. The summed E-state index contributed by atoms with van der Waals surface area (Å²) >= 11 is 0. The summed E-state index contributed by atoms with van der Waals surface area (Å²) in [5, 5.41) is 3.27. The average Bonchev–Trinajstić information content (AvgIpc) is 2.76. The summed E-state index contributed by atoms with van der Waals surface area (Å²) < 4.78 is 7.04. The number of anilines is 1. The largest absolute Gasteiger partial charge is 0.489 e. The normalized spacial score (nSPS) is 10.6. The fourth-order valence-electron chi connectivity index (χ4n) is 2.95. The molecule has 0 fully saturated rings. The highest BCUT2D eigenvalue weighted by atomic mass is 16.5. The van der Waals surface area contributed by atoms with Crippen molar-refractivity contribution in [3.63, 3.8) is 0 Å². The second-order valence-corrected chi connectivity index (χ2v) is 6.54. The van der Waals surface area contributed by atoms with Crippen LogP contribution in [0.1, 0.15) is 5.56 Å². The summed E-state index contributed by atoms with van der Waals surface area (Å²) in [5.41, 5.74) is 2.08. The number of aromatic nitrogens is 2. The molecular formula is C23H19N3O3. The maximum Gasteiger partial charge on any atom is 0.261 e. The predicted octanol–water partition coefficient (Wildman–Crippen LogP) is 3.61. The van der Waals surface area contributed by atoms with Crippen molar-refractivity contribution >= 4 is 22.5 Å². The Kier molecular flexibility index (Phi) is 5.33. The van der Waals surface area contributed by atoms with E-state index in [9.17, 15) is 9.59 Å². The molecular weight excluding hydrogens is 366 g/mol. The molecule has 1 aromatic heterocycles. The molecule has 1 N–H and O–H groups in total. The molecule has 1 amide bonds. The zero-order valence-corrected chi connectivity index (χ0v) is 15.6. The van der Waals surface area contributed by atoms with Crippen molar-refractivity contribution < 1.29 is 9.53 Å². The Hall–Kier alpha value is -3.93. The summed E-state index contributed by atoms with van der Waals surface area (Å²) in [7, 11) is 0. The molecule has 0 aliphatic rings. The number of carbonyl (C=O) groups is 1. The van der Waals surface area contributed by atoms with Crippen LogP contribution in [0.2, 0.25) is 0 Å². The molecule has 144 valence electrons. The van der Waals surface area contributed by atoms with Gasteiger partial charge in [0.2, 0.25) is 5.91 Å². The standard InChI is InChI=1S/C23H19N3O3/c27-22(14-26-16-24-21-9-5-4-8-20(21)23(26)28)25-18-10-12-19(13-11-18)29-15-17-6-2-1-3-7-17/h1-13,16H,14-15H2,(H,25,27). The summed E-state index contributed by atoms with van der Waals surface area (Å²) in [6, 6.07) is 24.1. The molecule has 0 aliphatic carbocycles. The number of nitrogens with zero attached hydrogens (tertiary/aromatic N) is 2. The molecule has 0 saturated carbocycles. The Morgan fingerprint density at radius 3 is 2.45 bits per heavy atom. The number of nitrogens with one attached hydrogen (secondary N) is 1. The zero-order valence-electron chi connectivity index (χ0n) is 15.6. The third kappa shape index (κ3) is 4.50. The molecule has 1 heterocycles. The highest BCUT2D eigenvalue weighted by molar-refractivity contribution is 5.90. The summed E-state index contributed by atoms with van der Waals surface area (Å²) in [5.74, 6) is 0.406. The van der Waals surface area contributed by atoms with Crippen LogP contribution in [0, 0.1) is 0 Å². The van der Waals surface area contributed by atoms with Crippen molar-refractivity contribution in [1.82, 2.24) is 9.55 Å². The smallest absolute Gasteiger partial charge is 0.261 e. The molecule has 0 atom stereocenters. The van der Waals surface area contributed by atoms with Gasteiger partial charge in [0.15, 0.2) is 0 Å². The molecule has 6 heteroatoms. The second-order valence-electron chi connectivity index (χ2n) is 6.54. The van der Waals surface area contributed by atoms with Gasteiger partial charge < -0.3 is 10.1 Å². The van der Waals surface area contributed by atoms with E-state index in [1.54, 1.807) is 42.5 Å². The molecule has 4 aromatic rings. The fourth-order valence-corrected chi connectivity index (χ4v) is 2.95. The number of carbonyl (C=O) groups excluding carboxylic acids is 1. The number of fused-ring (bicyclic) bond motifs is 1. The van der Waals surface area contributed by atoms with Crippen molar-refractivity contribution in [2.24, 2.45) is 0 Å². The monoisotopic (exact) mass is 385 g/mol. The lowest BCUT2D eigenvalue weighted by Gasteiger charge is -2.10. The van der Waals surface area contributed by atoms with Gasteiger partial charge in [-0.3, -0.25) is 14.2 Å². The number of amides is 1. The van der Waals surface area contributed by atoms with Gasteiger partial charge in [-0.15, -0.1) is 0 Å². The lowest BCUT2D eigenvalue weighted by molar-refractivity contribution is -0.116. The first-order chi connectivity index (χ1) is 14.2. The van der Waals surface area contributed by atoms with Gasteiger partial charge in [0.25, 0.3) is 5.56 Å². The minimum absolute atomic E-state index is 0.108. The maximum absolute atomic E-state index is 12.5. The molecule has 0 saturated heterocycles. The van der Waals surface area contributed by atoms with Crippen molar-refractivity contribution in [2.45, 2.75) is 13.2 Å². The third-order valence-electron chi connectivity index (χ3n) is 4.43. The quantitative estimate of drug-likeness (QED) is 0.550. The molecule has 0 spiro atoms. The van der Waals surface area contributed by atoms with E-state index in [1.807, 2.05) is 36.4 Å². The Bertz CT molecular complexity index is 1190. The van der Waals surface area contributed by atoms with Gasteiger partial charge in [0.1, 0.15) is 18.9 Å². The van der Waals surface area contributed by atoms with E-state index >= 15 is 0 Å². The molecule has 0 aliphatic heterocycles. The van der Waals surface area contributed by atoms with Crippen LogP contribution in [-0.4, -0.2) is 15.5 Å². The van der Waals surface area contributed by atoms with Crippen LogP contribution in [0.15, 0.2) is 90.0 Å². The first kappa shape index (κ1) is 18.4. The number of ether oxygens (including phenoxy) is 1. The molecule has 0 radical (unpaired) electrons. The van der Waals surface area contributed by atoms with Gasteiger partial charge in [0, 0.05) is 5.69 Å². The number of rotatable bonds is 6. The van der Waals surface area contributed by atoms with Crippen LogP contribution in [0.3, 0.4) is 0 Å². The first-order valence-electron chi connectivity index (χ1n) is 9.20. The van der Waals surface area contributed by atoms with Gasteiger partial charge in [-0.25, -0.2) is 4.98 Å². The Labute approximate surface area is 167 Å². The Morgan fingerprint density at radius 2 is 1.66 bits per heavy atom. The molecule has 4 rings (SSSR count). The molecule has 29 heavy (non-hydrogen) atoms. The molecule has 3 aromatic carbocycles. The number of hydrogen-bond donors (Lipinski definition) is 1. The lowest BCUT2D eigenvalue weighted by Crippen LogP contribution is -2.27. The predicted molar refractivity (Wildman–Crippen MR) is 112 cm³/mol. The highest BCUT2D eigenvalue weighted by Gasteiger charge is 2.08. The van der Waals surface area contributed by atoms with Crippen LogP contribution >= 0.6 is 0 Å². The van der Waals surface area contributed by atoms with Gasteiger partial charge in [-0.2, -0.15) is 0 Å².